The summed E-state index contributed by atoms with van der Waals surface area (Å²) >= 11 is 1.67. The minimum absolute atomic E-state index is 0.160. The van der Waals surface area contributed by atoms with E-state index in [1.807, 2.05) is 47.3 Å². The van der Waals surface area contributed by atoms with Gasteiger partial charge in [0.05, 0.1) is 18.5 Å². The van der Waals surface area contributed by atoms with Gasteiger partial charge in [-0.2, -0.15) is 5.10 Å². The van der Waals surface area contributed by atoms with E-state index in [-0.39, 0.29) is 6.03 Å². The number of amides is 2. The normalized spacial score (nSPS) is 10.6. The van der Waals surface area contributed by atoms with Gasteiger partial charge in [0.2, 0.25) is 0 Å². The molecule has 1 aromatic carbocycles. The highest BCUT2D eigenvalue weighted by molar-refractivity contribution is 7.13. The molecule has 0 fully saturated rings. The SMILES string of the molecule is COc1ccc(CCNC(=O)NCCn2nc(-c3cccs3)cc2C)cc1. The van der Waals surface area contributed by atoms with Crippen LogP contribution < -0.4 is 15.4 Å². The second-order valence-corrected chi connectivity index (χ2v) is 7.10. The Kier molecular flexibility index (Phi) is 6.49. The third-order valence-corrected chi connectivity index (χ3v) is 5.11. The first-order chi connectivity index (χ1) is 13.2. The molecule has 6 nitrogen and oxygen atoms in total. The molecule has 0 aliphatic rings. The number of carbonyl (C=O) groups excluding carboxylic acids is 1. The molecule has 0 aliphatic heterocycles. The largest absolute Gasteiger partial charge is 0.497 e. The molecular weight excluding hydrogens is 360 g/mol. The maximum Gasteiger partial charge on any atom is 0.314 e. The maximum absolute atomic E-state index is 11.9. The number of urea groups is 1. The highest BCUT2D eigenvalue weighted by atomic mass is 32.1. The van der Waals surface area contributed by atoms with Crippen molar-refractivity contribution in [2.75, 3.05) is 20.2 Å². The first-order valence-electron chi connectivity index (χ1n) is 8.88. The Hall–Kier alpha value is -2.80. The van der Waals surface area contributed by atoms with E-state index in [1.54, 1.807) is 18.4 Å². The standard InChI is InChI=1S/C20H24N4O2S/c1-15-14-18(19-4-3-13-27-19)23-24(15)12-11-22-20(25)21-10-9-16-5-7-17(26-2)8-6-16/h3-8,13-14H,9-12H2,1-2H3,(H2,21,22,25). The number of methoxy groups -OCH3 is 1. The van der Waals surface area contributed by atoms with Gasteiger partial charge in [-0.05, 0) is 48.6 Å². The maximum atomic E-state index is 11.9. The molecule has 2 heterocycles. The molecule has 27 heavy (non-hydrogen) atoms. The summed E-state index contributed by atoms with van der Waals surface area (Å²) < 4.78 is 7.06. The van der Waals surface area contributed by atoms with Crippen molar-refractivity contribution in [1.82, 2.24) is 20.4 Å². The molecule has 2 aromatic heterocycles. The summed E-state index contributed by atoms with van der Waals surface area (Å²) in [6.45, 7) is 3.78. The van der Waals surface area contributed by atoms with Crippen LogP contribution in [-0.4, -0.2) is 36.0 Å². The van der Waals surface area contributed by atoms with Gasteiger partial charge >= 0.3 is 6.03 Å². The minimum atomic E-state index is -0.160. The number of benzene rings is 1. The number of hydrogen-bond donors (Lipinski definition) is 2. The summed E-state index contributed by atoms with van der Waals surface area (Å²) in [4.78, 5) is 13.1. The van der Waals surface area contributed by atoms with E-state index >= 15 is 0 Å². The molecule has 2 amide bonds. The number of aryl methyl sites for hydroxylation is 1. The lowest BCUT2D eigenvalue weighted by atomic mass is 10.1. The number of rotatable bonds is 8. The number of ether oxygens (including phenoxy) is 1. The Morgan fingerprint density at radius 1 is 1.19 bits per heavy atom. The Morgan fingerprint density at radius 3 is 2.67 bits per heavy atom. The molecule has 3 rings (SSSR count). The van der Waals surface area contributed by atoms with E-state index in [1.165, 1.54) is 0 Å². The van der Waals surface area contributed by atoms with Crippen LogP contribution in [0.25, 0.3) is 10.6 Å². The number of aromatic nitrogens is 2. The number of nitrogens with zero attached hydrogens (tertiary/aromatic N) is 2. The summed E-state index contributed by atoms with van der Waals surface area (Å²) in [7, 11) is 1.65. The quantitative estimate of drug-likeness (QED) is 0.625. The van der Waals surface area contributed by atoms with Crippen molar-refractivity contribution >= 4 is 17.4 Å². The molecule has 7 heteroatoms. The van der Waals surface area contributed by atoms with Crippen LogP contribution in [0.15, 0.2) is 47.8 Å². The molecule has 0 unspecified atom stereocenters. The van der Waals surface area contributed by atoms with Crippen LogP contribution in [0.2, 0.25) is 0 Å². The van der Waals surface area contributed by atoms with Crippen molar-refractivity contribution in [1.29, 1.82) is 0 Å². The Morgan fingerprint density at radius 2 is 1.96 bits per heavy atom. The second-order valence-electron chi connectivity index (χ2n) is 6.15. The fourth-order valence-electron chi connectivity index (χ4n) is 2.73. The molecule has 0 saturated heterocycles. The molecule has 0 bridgehead atoms. The number of hydrogen-bond acceptors (Lipinski definition) is 4. The summed E-state index contributed by atoms with van der Waals surface area (Å²) in [5.41, 5.74) is 3.22. The van der Waals surface area contributed by atoms with Crippen LogP contribution in [0.4, 0.5) is 4.79 Å². The van der Waals surface area contributed by atoms with Crippen LogP contribution in [-0.2, 0) is 13.0 Å². The minimum Gasteiger partial charge on any atom is -0.497 e. The van der Waals surface area contributed by atoms with Gasteiger partial charge in [-0.1, -0.05) is 18.2 Å². The topological polar surface area (TPSA) is 68.2 Å². The molecule has 2 N–H and O–H groups in total. The molecule has 0 aliphatic carbocycles. The van der Waals surface area contributed by atoms with Gasteiger partial charge in [0.25, 0.3) is 0 Å². The van der Waals surface area contributed by atoms with Crippen molar-refractivity contribution < 1.29 is 9.53 Å². The van der Waals surface area contributed by atoms with Crippen LogP contribution in [0, 0.1) is 6.92 Å². The Labute approximate surface area is 163 Å². The third kappa shape index (κ3) is 5.34. The number of nitrogens with one attached hydrogen (secondary N) is 2. The molecular formula is C20H24N4O2S. The van der Waals surface area contributed by atoms with Gasteiger partial charge in [0.15, 0.2) is 0 Å². The fourth-order valence-corrected chi connectivity index (χ4v) is 3.41. The van der Waals surface area contributed by atoms with Gasteiger partial charge in [-0.15, -0.1) is 11.3 Å². The lowest BCUT2D eigenvalue weighted by Crippen LogP contribution is -2.38. The smallest absolute Gasteiger partial charge is 0.314 e. The van der Waals surface area contributed by atoms with E-state index in [0.29, 0.717) is 19.6 Å². The Bertz CT molecular complexity index is 857. The zero-order chi connectivity index (χ0) is 19.1. The highest BCUT2D eigenvalue weighted by Crippen LogP contribution is 2.23. The fraction of sp³-hybridized carbons (Fsp3) is 0.300. The molecule has 0 saturated carbocycles. The summed E-state index contributed by atoms with van der Waals surface area (Å²) in [5.74, 6) is 0.834. The van der Waals surface area contributed by atoms with Crippen molar-refractivity contribution in [2.45, 2.75) is 19.9 Å². The second kappa shape index (κ2) is 9.23. The summed E-state index contributed by atoms with van der Waals surface area (Å²) in [5, 5.41) is 12.4. The van der Waals surface area contributed by atoms with E-state index in [2.05, 4.69) is 27.9 Å². The molecule has 0 spiro atoms. The van der Waals surface area contributed by atoms with E-state index in [4.69, 9.17) is 4.74 Å². The van der Waals surface area contributed by atoms with Crippen molar-refractivity contribution in [2.24, 2.45) is 0 Å². The van der Waals surface area contributed by atoms with Crippen molar-refractivity contribution in [3.05, 3.63) is 59.1 Å². The summed E-state index contributed by atoms with van der Waals surface area (Å²) in [6.07, 6.45) is 0.778. The van der Waals surface area contributed by atoms with Gasteiger partial charge in [0, 0.05) is 18.8 Å². The van der Waals surface area contributed by atoms with Crippen LogP contribution in [0.1, 0.15) is 11.3 Å². The van der Waals surface area contributed by atoms with E-state index in [0.717, 1.165) is 34.0 Å². The van der Waals surface area contributed by atoms with Crippen LogP contribution >= 0.6 is 11.3 Å². The van der Waals surface area contributed by atoms with Gasteiger partial charge in [-0.3, -0.25) is 4.68 Å². The van der Waals surface area contributed by atoms with E-state index in [9.17, 15) is 4.79 Å². The molecule has 3 aromatic rings. The van der Waals surface area contributed by atoms with Crippen LogP contribution in [0.3, 0.4) is 0 Å². The van der Waals surface area contributed by atoms with Gasteiger partial charge in [0.1, 0.15) is 11.4 Å². The predicted octanol–water partition coefficient (Wildman–Crippen LogP) is 3.47. The lowest BCUT2D eigenvalue weighted by Gasteiger charge is -2.09. The lowest BCUT2D eigenvalue weighted by molar-refractivity contribution is 0.240. The number of carbonyl (C=O) groups is 1. The zero-order valence-corrected chi connectivity index (χ0v) is 16.4. The van der Waals surface area contributed by atoms with Crippen LogP contribution in [0.5, 0.6) is 5.75 Å². The average Bonchev–Trinajstić information content (AvgIpc) is 3.32. The first-order valence-corrected chi connectivity index (χ1v) is 9.76. The van der Waals surface area contributed by atoms with Crippen molar-refractivity contribution in [3.8, 4) is 16.3 Å². The Balaban J connectivity index is 1.38. The molecule has 0 radical (unpaired) electrons. The predicted molar refractivity (Wildman–Crippen MR) is 108 cm³/mol. The number of thiophene rings is 1. The monoisotopic (exact) mass is 384 g/mol. The molecule has 0 atom stereocenters. The first kappa shape index (κ1) is 19.0. The molecule has 142 valence electrons. The third-order valence-electron chi connectivity index (χ3n) is 4.22. The van der Waals surface area contributed by atoms with E-state index < -0.39 is 0 Å². The average molecular weight is 385 g/mol. The zero-order valence-electron chi connectivity index (χ0n) is 15.6. The van der Waals surface area contributed by atoms with Gasteiger partial charge < -0.3 is 15.4 Å². The summed E-state index contributed by atoms with van der Waals surface area (Å²) in [6, 6.07) is 13.8. The van der Waals surface area contributed by atoms with Crippen molar-refractivity contribution in [3.63, 3.8) is 0 Å². The highest BCUT2D eigenvalue weighted by Gasteiger charge is 2.07. The van der Waals surface area contributed by atoms with Gasteiger partial charge in [-0.25, -0.2) is 4.79 Å².